The van der Waals surface area contributed by atoms with Gasteiger partial charge in [-0.25, -0.2) is 0 Å². The van der Waals surface area contributed by atoms with Crippen LogP contribution in [0.25, 0.3) is 0 Å². The lowest BCUT2D eigenvalue weighted by Gasteiger charge is -2.35. The Labute approximate surface area is 179 Å². The van der Waals surface area contributed by atoms with Gasteiger partial charge in [0.15, 0.2) is 0 Å². The number of hydrogen-bond donors (Lipinski definition) is 1. The van der Waals surface area contributed by atoms with E-state index in [1.54, 1.807) is 7.11 Å². The first-order valence-corrected chi connectivity index (χ1v) is 11.1. The molecule has 160 valence electrons. The Bertz CT molecular complexity index is 844. The maximum Gasteiger partial charge on any atom is 0.224 e. The molecule has 0 bridgehead atoms. The van der Waals surface area contributed by atoms with Gasteiger partial charge in [0.05, 0.1) is 32.8 Å². The number of aryl methyl sites for hydroxylation is 2. The number of morpholine rings is 1. The van der Waals surface area contributed by atoms with Crippen LogP contribution in [-0.4, -0.2) is 50.8 Å². The van der Waals surface area contributed by atoms with Crippen LogP contribution in [0.3, 0.4) is 0 Å². The Hall–Kier alpha value is -2.37. The number of rotatable bonds is 7. The van der Waals surface area contributed by atoms with E-state index in [9.17, 15) is 4.79 Å². The summed E-state index contributed by atoms with van der Waals surface area (Å²) in [5, 5.41) is 3.18. The molecule has 0 saturated carbocycles. The van der Waals surface area contributed by atoms with E-state index in [0.29, 0.717) is 13.0 Å². The lowest BCUT2D eigenvalue weighted by molar-refractivity contribution is -0.120. The van der Waals surface area contributed by atoms with E-state index in [1.807, 2.05) is 12.1 Å². The molecule has 1 amide bonds. The molecule has 0 unspecified atom stereocenters. The number of carbonyl (C=O) groups is 1. The zero-order valence-electron chi connectivity index (χ0n) is 17.9. The summed E-state index contributed by atoms with van der Waals surface area (Å²) in [4.78, 5) is 15.1. The van der Waals surface area contributed by atoms with Crippen LogP contribution in [0.1, 0.15) is 41.1 Å². The third kappa shape index (κ3) is 5.21. The summed E-state index contributed by atoms with van der Waals surface area (Å²) in [6.45, 7) is 3.80. The van der Waals surface area contributed by atoms with Crippen LogP contribution < -0.4 is 10.1 Å². The summed E-state index contributed by atoms with van der Waals surface area (Å²) in [5.41, 5.74) is 5.18. The molecule has 1 aliphatic carbocycles. The number of fused-ring (bicyclic) bond motifs is 1. The number of nitrogens with zero attached hydrogens (tertiary/aromatic N) is 1. The maximum absolute atomic E-state index is 12.7. The number of methoxy groups -OCH3 is 1. The fourth-order valence-electron chi connectivity index (χ4n) is 4.53. The molecule has 2 aliphatic rings. The molecule has 0 aromatic heterocycles. The normalized spacial score (nSPS) is 17.8. The third-order valence-electron chi connectivity index (χ3n) is 6.26. The van der Waals surface area contributed by atoms with Crippen LogP contribution in [0.5, 0.6) is 5.75 Å². The fraction of sp³-hybridized carbons (Fsp3) is 0.480. The number of ether oxygens (including phenoxy) is 2. The topological polar surface area (TPSA) is 50.8 Å². The molecular weight excluding hydrogens is 376 g/mol. The molecule has 5 heteroatoms. The monoisotopic (exact) mass is 408 g/mol. The summed E-state index contributed by atoms with van der Waals surface area (Å²) >= 11 is 0. The lowest BCUT2D eigenvalue weighted by atomic mass is 9.90. The van der Waals surface area contributed by atoms with Crippen LogP contribution in [0.2, 0.25) is 0 Å². The van der Waals surface area contributed by atoms with E-state index in [-0.39, 0.29) is 11.9 Å². The first-order valence-electron chi connectivity index (χ1n) is 11.1. The smallest absolute Gasteiger partial charge is 0.224 e. The predicted octanol–water partition coefficient (Wildman–Crippen LogP) is 3.31. The van der Waals surface area contributed by atoms with E-state index >= 15 is 0 Å². The molecule has 1 fully saturated rings. The van der Waals surface area contributed by atoms with Crippen molar-refractivity contribution < 1.29 is 14.3 Å². The summed E-state index contributed by atoms with van der Waals surface area (Å²) in [7, 11) is 1.68. The van der Waals surface area contributed by atoms with Gasteiger partial charge < -0.3 is 14.8 Å². The quantitative estimate of drug-likeness (QED) is 0.764. The highest BCUT2D eigenvalue weighted by Gasteiger charge is 2.23. The highest BCUT2D eigenvalue weighted by atomic mass is 16.5. The van der Waals surface area contributed by atoms with Crippen LogP contribution >= 0.6 is 0 Å². The molecule has 1 saturated heterocycles. The molecule has 1 atom stereocenters. The Morgan fingerprint density at radius 2 is 1.80 bits per heavy atom. The van der Waals surface area contributed by atoms with E-state index < -0.39 is 0 Å². The molecule has 30 heavy (non-hydrogen) atoms. The van der Waals surface area contributed by atoms with Crippen molar-refractivity contribution in [1.29, 1.82) is 0 Å². The second-order valence-corrected chi connectivity index (χ2v) is 8.23. The zero-order chi connectivity index (χ0) is 20.8. The number of nitrogens with one attached hydrogen (secondary N) is 1. The molecule has 2 aromatic rings. The van der Waals surface area contributed by atoms with Gasteiger partial charge in [-0.05, 0) is 60.1 Å². The van der Waals surface area contributed by atoms with Gasteiger partial charge in [-0.2, -0.15) is 0 Å². The molecular formula is C25H32N2O3. The highest BCUT2D eigenvalue weighted by molar-refractivity contribution is 5.78. The van der Waals surface area contributed by atoms with Crippen molar-refractivity contribution >= 4 is 5.91 Å². The van der Waals surface area contributed by atoms with Crippen LogP contribution in [-0.2, 0) is 28.8 Å². The first kappa shape index (κ1) is 20.9. The van der Waals surface area contributed by atoms with Crippen molar-refractivity contribution in [3.8, 4) is 5.75 Å². The van der Waals surface area contributed by atoms with Gasteiger partial charge in [0.25, 0.3) is 0 Å². The average molecular weight is 409 g/mol. The third-order valence-corrected chi connectivity index (χ3v) is 6.26. The summed E-state index contributed by atoms with van der Waals surface area (Å²) in [6.07, 6.45) is 5.28. The minimum absolute atomic E-state index is 0.0810. The standard InChI is InChI=1S/C25H32N2O3/c1-29-23-10-8-21(9-11-23)24(27-12-14-30-15-13-27)18-26-25(28)17-19-6-7-20-4-2-3-5-22(20)16-19/h6-11,16,24H,2-5,12-15,17-18H2,1H3,(H,26,28)/t24-/m1/s1. The molecule has 2 aromatic carbocycles. The Morgan fingerprint density at radius 1 is 1.07 bits per heavy atom. The van der Waals surface area contributed by atoms with Gasteiger partial charge in [0, 0.05) is 19.6 Å². The Morgan fingerprint density at radius 3 is 2.53 bits per heavy atom. The summed E-state index contributed by atoms with van der Waals surface area (Å²) < 4.78 is 10.8. The highest BCUT2D eigenvalue weighted by Crippen LogP contribution is 2.24. The van der Waals surface area contributed by atoms with Crippen molar-refractivity contribution in [2.45, 2.75) is 38.1 Å². The molecule has 4 rings (SSSR count). The van der Waals surface area contributed by atoms with Crippen molar-refractivity contribution in [2.24, 2.45) is 0 Å². The molecule has 0 radical (unpaired) electrons. The van der Waals surface area contributed by atoms with Crippen molar-refractivity contribution in [1.82, 2.24) is 10.2 Å². The number of benzene rings is 2. The maximum atomic E-state index is 12.7. The minimum atomic E-state index is 0.0810. The van der Waals surface area contributed by atoms with Gasteiger partial charge in [-0.1, -0.05) is 30.3 Å². The fourth-order valence-corrected chi connectivity index (χ4v) is 4.53. The average Bonchev–Trinajstić information content (AvgIpc) is 2.80. The van der Waals surface area contributed by atoms with Gasteiger partial charge in [-0.3, -0.25) is 9.69 Å². The SMILES string of the molecule is COc1ccc([C@@H](CNC(=O)Cc2ccc3c(c2)CCCC3)N2CCOCC2)cc1. The minimum Gasteiger partial charge on any atom is -0.497 e. The number of carbonyl (C=O) groups excluding carboxylic acids is 1. The predicted molar refractivity (Wildman–Crippen MR) is 118 cm³/mol. The van der Waals surface area contributed by atoms with Crippen molar-refractivity contribution in [3.63, 3.8) is 0 Å². The van der Waals surface area contributed by atoms with Crippen LogP contribution in [0.15, 0.2) is 42.5 Å². The zero-order valence-corrected chi connectivity index (χ0v) is 17.9. The number of hydrogen-bond acceptors (Lipinski definition) is 4. The van der Waals surface area contributed by atoms with Gasteiger partial charge in [0.2, 0.25) is 5.91 Å². The van der Waals surface area contributed by atoms with Gasteiger partial charge >= 0.3 is 0 Å². The molecule has 1 aliphatic heterocycles. The summed E-state index contributed by atoms with van der Waals surface area (Å²) in [6, 6.07) is 14.8. The molecule has 5 nitrogen and oxygen atoms in total. The van der Waals surface area contributed by atoms with E-state index in [0.717, 1.165) is 44.0 Å². The van der Waals surface area contributed by atoms with E-state index in [1.165, 1.54) is 36.0 Å². The Balaban J connectivity index is 1.40. The molecule has 1 N–H and O–H groups in total. The Kier molecular flexibility index (Phi) is 7.03. The van der Waals surface area contributed by atoms with E-state index in [2.05, 4.69) is 40.5 Å². The van der Waals surface area contributed by atoms with Crippen LogP contribution in [0, 0.1) is 0 Å². The first-order chi connectivity index (χ1) is 14.7. The molecule has 0 spiro atoms. The van der Waals surface area contributed by atoms with Gasteiger partial charge in [-0.15, -0.1) is 0 Å². The van der Waals surface area contributed by atoms with Crippen molar-refractivity contribution in [2.75, 3.05) is 40.0 Å². The summed E-state index contributed by atoms with van der Waals surface area (Å²) in [5.74, 6) is 0.924. The molecule has 1 heterocycles. The number of amides is 1. The second-order valence-electron chi connectivity index (χ2n) is 8.23. The lowest BCUT2D eigenvalue weighted by Crippen LogP contribution is -2.44. The van der Waals surface area contributed by atoms with E-state index in [4.69, 9.17) is 9.47 Å². The van der Waals surface area contributed by atoms with Crippen LogP contribution in [0.4, 0.5) is 0 Å². The largest absolute Gasteiger partial charge is 0.497 e. The second kappa shape index (κ2) is 10.1. The van der Waals surface area contributed by atoms with Gasteiger partial charge in [0.1, 0.15) is 5.75 Å². The van der Waals surface area contributed by atoms with Crippen molar-refractivity contribution in [3.05, 3.63) is 64.7 Å².